The van der Waals surface area contributed by atoms with Crippen molar-refractivity contribution >= 4 is 11.3 Å². The lowest BCUT2D eigenvalue weighted by Gasteiger charge is -2.24. The van der Waals surface area contributed by atoms with Gasteiger partial charge in [0.15, 0.2) is 0 Å². The van der Waals surface area contributed by atoms with Crippen molar-refractivity contribution in [2.45, 2.75) is 46.5 Å². The zero-order chi connectivity index (χ0) is 13.1. The molecule has 2 heteroatoms. The second-order valence-corrected chi connectivity index (χ2v) is 5.69. The van der Waals surface area contributed by atoms with Gasteiger partial charge in [-0.2, -0.15) is 0 Å². The number of allylic oxidation sites excluding steroid dienone is 2. The predicted octanol–water partition coefficient (Wildman–Crippen LogP) is 4.45. The molecule has 0 amide bonds. The fourth-order valence-electron chi connectivity index (χ4n) is 2.58. The molecule has 2 nitrogen and oxygen atoms in total. The molecule has 0 saturated carbocycles. The van der Waals surface area contributed by atoms with Crippen molar-refractivity contribution in [3.8, 4) is 0 Å². The number of anilines is 1. The Bertz CT molecular complexity index is 444. The van der Waals surface area contributed by atoms with Gasteiger partial charge in [-0.1, -0.05) is 33.8 Å². The molecule has 98 valence electrons. The summed E-state index contributed by atoms with van der Waals surface area (Å²) in [5.74, 6) is 1.07. The minimum absolute atomic E-state index is 0.510. The largest absolute Gasteiger partial charge is 0.383 e. The first kappa shape index (κ1) is 13.1. The molecule has 0 atom stereocenters. The fourth-order valence-corrected chi connectivity index (χ4v) is 2.58. The Morgan fingerprint density at radius 3 is 2.56 bits per heavy atom. The van der Waals surface area contributed by atoms with Crippen molar-refractivity contribution in [3.63, 3.8) is 0 Å². The highest BCUT2D eigenvalue weighted by Crippen LogP contribution is 2.36. The Balaban J connectivity index is 2.60. The second-order valence-electron chi connectivity index (χ2n) is 5.69. The number of hydrogen-bond acceptors (Lipinski definition) is 2. The molecular weight excluding hydrogens is 220 g/mol. The van der Waals surface area contributed by atoms with Crippen molar-refractivity contribution in [2.75, 3.05) is 11.9 Å². The first-order valence-electron chi connectivity index (χ1n) is 7.03. The van der Waals surface area contributed by atoms with Crippen LogP contribution in [0.2, 0.25) is 0 Å². The summed E-state index contributed by atoms with van der Waals surface area (Å²) in [6.07, 6.45) is 8.79. The van der Waals surface area contributed by atoms with E-state index in [-0.39, 0.29) is 0 Å². The van der Waals surface area contributed by atoms with Crippen molar-refractivity contribution < 1.29 is 0 Å². The topological polar surface area (TPSA) is 24.9 Å². The third kappa shape index (κ3) is 2.58. The predicted molar refractivity (Wildman–Crippen MR) is 78.9 cm³/mol. The fraction of sp³-hybridized carbons (Fsp3) is 0.562. The van der Waals surface area contributed by atoms with Crippen molar-refractivity contribution in [1.29, 1.82) is 0 Å². The molecule has 0 bridgehead atoms. The Labute approximate surface area is 111 Å². The lowest BCUT2D eigenvalue weighted by Crippen LogP contribution is -2.11. The molecule has 18 heavy (non-hydrogen) atoms. The number of pyridine rings is 1. The standard InChI is InChI=1S/C16H24N2/c1-11(2)13-7-5-6-8-18-15-10-17-9-14(12(3)4)16(13)15/h7,9-12,18H,5-6,8H2,1-4H3/b13-7-. The zero-order valence-corrected chi connectivity index (χ0v) is 12.0. The van der Waals surface area contributed by atoms with Gasteiger partial charge in [0.05, 0.1) is 11.9 Å². The van der Waals surface area contributed by atoms with Gasteiger partial charge in [0.25, 0.3) is 0 Å². The van der Waals surface area contributed by atoms with Crippen molar-refractivity contribution in [2.24, 2.45) is 5.92 Å². The third-order valence-electron chi connectivity index (χ3n) is 3.57. The van der Waals surface area contributed by atoms with E-state index in [1.807, 2.05) is 12.4 Å². The quantitative estimate of drug-likeness (QED) is 0.831. The van der Waals surface area contributed by atoms with Crippen LogP contribution in [0.25, 0.3) is 5.57 Å². The van der Waals surface area contributed by atoms with Crippen LogP contribution in [0.3, 0.4) is 0 Å². The van der Waals surface area contributed by atoms with E-state index in [9.17, 15) is 0 Å². The molecule has 0 aliphatic carbocycles. The van der Waals surface area contributed by atoms with Crippen LogP contribution in [0.15, 0.2) is 18.5 Å². The van der Waals surface area contributed by atoms with Crippen LogP contribution in [0.5, 0.6) is 0 Å². The maximum Gasteiger partial charge on any atom is 0.0605 e. The summed E-state index contributed by atoms with van der Waals surface area (Å²) >= 11 is 0. The van der Waals surface area contributed by atoms with Crippen LogP contribution >= 0.6 is 0 Å². The Morgan fingerprint density at radius 1 is 1.11 bits per heavy atom. The van der Waals surface area contributed by atoms with Gasteiger partial charge in [-0.25, -0.2) is 0 Å². The average molecular weight is 244 g/mol. The Morgan fingerprint density at radius 2 is 1.89 bits per heavy atom. The van der Waals surface area contributed by atoms with Gasteiger partial charge in [0.1, 0.15) is 0 Å². The summed E-state index contributed by atoms with van der Waals surface area (Å²) < 4.78 is 0. The van der Waals surface area contributed by atoms with Gasteiger partial charge in [-0.15, -0.1) is 0 Å². The molecule has 2 rings (SSSR count). The molecular formula is C16H24N2. The van der Waals surface area contributed by atoms with E-state index in [1.165, 1.54) is 35.2 Å². The van der Waals surface area contributed by atoms with E-state index in [0.29, 0.717) is 11.8 Å². The van der Waals surface area contributed by atoms with Crippen molar-refractivity contribution in [1.82, 2.24) is 4.98 Å². The molecule has 2 heterocycles. The van der Waals surface area contributed by atoms with Gasteiger partial charge in [0, 0.05) is 18.3 Å². The normalized spacial score (nSPS) is 18.7. The van der Waals surface area contributed by atoms with E-state index >= 15 is 0 Å². The molecule has 0 fully saturated rings. The van der Waals surface area contributed by atoms with Gasteiger partial charge in [0.2, 0.25) is 0 Å². The highest BCUT2D eigenvalue weighted by molar-refractivity contribution is 5.79. The molecule has 1 aliphatic heterocycles. The number of nitrogens with one attached hydrogen (secondary N) is 1. The minimum atomic E-state index is 0.510. The number of nitrogens with zero attached hydrogens (tertiary/aromatic N) is 1. The van der Waals surface area contributed by atoms with Crippen LogP contribution in [0.1, 0.15) is 57.6 Å². The van der Waals surface area contributed by atoms with Crippen LogP contribution in [-0.2, 0) is 0 Å². The van der Waals surface area contributed by atoms with Crippen LogP contribution < -0.4 is 5.32 Å². The highest BCUT2D eigenvalue weighted by Gasteiger charge is 2.18. The minimum Gasteiger partial charge on any atom is -0.383 e. The Hall–Kier alpha value is -1.31. The molecule has 1 N–H and O–H groups in total. The lowest BCUT2D eigenvalue weighted by atomic mass is 9.86. The highest BCUT2D eigenvalue weighted by atomic mass is 14.9. The maximum atomic E-state index is 4.40. The van der Waals surface area contributed by atoms with E-state index < -0.39 is 0 Å². The lowest BCUT2D eigenvalue weighted by molar-refractivity contribution is 0.805. The third-order valence-corrected chi connectivity index (χ3v) is 3.57. The second kappa shape index (κ2) is 5.55. The molecule has 1 aromatic heterocycles. The zero-order valence-electron chi connectivity index (χ0n) is 12.0. The van der Waals surface area contributed by atoms with E-state index in [2.05, 4.69) is 44.1 Å². The molecule has 0 spiro atoms. The van der Waals surface area contributed by atoms with Crippen LogP contribution in [0.4, 0.5) is 5.69 Å². The SMILES string of the molecule is CC(C)/C1=C/CCCNc2cncc(C(C)C)c21. The summed E-state index contributed by atoms with van der Waals surface area (Å²) in [5, 5.41) is 3.54. The average Bonchev–Trinajstić information content (AvgIpc) is 2.28. The van der Waals surface area contributed by atoms with Crippen LogP contribution in [0, 0.1) is 5.92 Å². The molecule has 1 aromatic rings. The van der Waals surface area contributed by atoms with E-state index in [1.54, 1.807) is 0 Å². The monoisotopic (exact) mass is 244 g/mol. The molecule has 0 unspecified atom stereocenters. The number of rotatable bonds is 2. The summed E-state index contributed by atoms with van der Waals surface area (Å²) in [6, 6.07) is 0. The van der Waals surface area contributed by atoms with Gasteiger partial charge in [-0.05, 0) is 35.8 Å². The van der Waals surface area contributed by atoms with Gasteiger partial charge >= 0.3 is 0 Å². The van der Waals surface area contributed by atoms with Gasteiger partial charge < -0.3 is 5.32 Å². The molecule has 0 saturated heterocycles. The summed E-state index contributed by atoms with van der Waals surface area (Å²) in [7, 11) is 0. The summed E-state index contributed by atoms with van der Waals surface area (Å²) in [4.78, 5) is 4.40. The number of aromatic nitrogens is 1. The molecule has 1 aliphatic rings. The van der Waals surface area contributed by atoms with Gasteiger partial charge in [-0.3, -0.25) is 4.98 Å². The van der Waals surface area contributed by atoms with Crippen molar-refractivity contribution in [3.05, 3.63) is 29.6 Å². The first-order chi connectivity index (χ1) is 8.61. The smallest absolute Gasteiger partial charge is 0.0605 e. The summed E-state index contributed by atoms with van der Waals surface area (Å²) in [5.41, 5.74) is 5.45. The first-order valence-corrected chi connectivity index (χ1v) is 7.03. The van der Waals surface area contributed by atoms with Crippen LogP contribution in [-0.4, -0.2) is 11.5 Å². The summed E-state index contributed by atoms with van der Waals surface area (Å²) in [6.45, 7) is 10.1. The maximum absolute atomic E-state index is 4.40. The van der Waals surface area contributed by atoms with E-state index in [0.717, 1.165) is 6.54 Å². The van der Waals surface area contributed by atoms with E-state index in [4.69, 9.17) is 0 Å². The number of hydrogen-bond donors (Lipinski definition) is 1. The molecule has 0 aromatic carbocycles. The molecule has 0 radical (unpaired) electrons. The Kier molecular flexibility index (Phi) is 4.05. The number of fused-ring (bicyclic) bond motifs is 1.